The maximum atomic E-state index is 13.7. The van der Waals surface area contributed by atoms with Crippen LogP contribution < -0.4 is 10.1 Å². The Balaban J connectivity index is 1.35. The third-order valence-corrected chi connectivity index (χ3v) is 5.63. The average Bonchev–Trinajstić information content (AvgIpc) is 3.39. The number of benzene rings is 2. The van der Waals surface area contributed by atoms with E-state index in [-0.39, 0.29) is 18.3 Å². The molecule has 0 atom stereocenters. The Morgan fingerprint density at radius 1 is 1.19 bits per heavy atom. The van der Waals surface area contributed by atoms with Crippen LogP contribution in [0.3, 0.4) is 0 Å². The fourth-order valence-electron chi connectivity index (χ4n) is 2.99. The monoisotopic (exact) mass is 439 g/mol. The zero-order valence-corrected chi connectivity index (χ0v) is 17.5. The van der Waals surface area contributed by atoms with Crippen LogP contribution in [0.2, 0.25) is 0 Å². The number of carbonyl (C=O) groups excluding carboxylic acids is 1. The van der Waals surface area contributed by atoms with Crippen LogP contribution in [0.5, 0.6) is 5.75 Å². The molecule has 2 aromatic heterocycles. The van der Waals surface area contributed by atoms with Crippen molar-refractivity contribution in [2.24, 2.45) is 0 Å². The number of halogens is 2. The lowest BCUT2D eigenvalue weighted by Gasteiger charge is -2.05. The molecule has 0 saturated heterocycles. The largest absolute Gasteiger partial charge is 0.486 e. The number of rotatable bonds is 7. The van der Waals surface area contributed by atoms with Gasteiger partial charge in [0.05, 0.1) is 23.3 Å². The van der Waals surface area contributed by atoms with E-state index in [4.69, 9.17) is 4.74 Å². The number of thiophene rings is 1. The van der Waals surface area contributed by atoms with Crippen LogP contribution in [0.25, 0.3) is 0 Å². The topological polar surface area (TPSA) is 56.2 Å². The average molecular weight is 439 g/mol. The molecule has 0 aliphatic carbocycles. The number of aromatic nitrogens is 2. The first-order chi connectivity index (χ1) is 15.0. The van der Waals surface area contributed by atoms with E-state index in [9.17, 15) is 13.6 Å². The molecular formula is C23H19F2N3O2S. The lowest BCUT2D eigenvalue weighted by Crippen LogP contribution is -2.09. The first-order valence-electron chi connectivity index (χ1n) is 9.51. The maximum absolute atomic E-state index is 13.7. The second-order valence-electron chi connectivity index (χ2n) is 6.99. The minimum absolute atomic E-state index is 0.0420. The number of hydrogen-bond donors (Lipinski definition) is 1. The van der Waals surface area contributed by atoms with Gasteiger partial charge >= 0.3 is 0 Å². The number of hydrogen-bond acceptors (Lipinski definition) is 4. The van der Waals surface area contributed by atoms with Crippen molar-refractivity contribution in [3.63, 3.8) is 0 Å². The second-order valence-corrected chi connectivity index (χ2v) is 7.90. The van der Waals surface area contributed by atoms with Crippen molar-refractivity contribution >= 4 is 22.9 Å². The smallest absolute Gasteiger partial charge is 0.265 e. The summed E-state index contributed by atoms with van der Waals surface area (Å²) >= 11 is 1.26. The second kappa shape index (κ2) is 9.09. The van der Waals surface area contributed by atoms with Crippen molar-refractivity contribution in [1.82, 2.24) is 9.78 Å². The predicted octanol–water partition coefficient (Wildman–Crippen LogP) is 5.41. The SMILES string of the molecule is Cc1ccccc1Cn1cc(NC(=O)c2cc(COc3ccc(F)cc3F)cs2)cn1. The highest BCUT2D eigenvalue weighted by molar-refractivity contribution is 7.12. The molecule has 31 heavy (non-hydrogen) atoms. The lowest BCUT2D eigenvalue weighted by atomic mass is 10.1. The Bertz CT molecular complexity index is 1220. The summed E-state index contributed by atoms with van der Waals surface area (Å²) in [5, 5.41) is 8.89. The summed E-state index contributed by atoms with van der Waals surface area (Å²) in [6.45, 7) is 2.73. The van der Waals surface area contributed by atoms with E-state index in [0.717, 1.165) is 17.7 Å². The molecule has 8 heteroatoms. The fraction of sp³-hybridized carbons (Fsp3) is 0.130. The third-order valence-electron chi connectivity index (χ3n) is 4.65. The third kappa shape index (κ3) is 5.16. The van der Waals surface area contributed by atoms with E-state index in [1.165, 1.54) is 23.0 Å². The highest BCUT2D eigenvalue weighted by Crippen LogP contribution is 2.22. The van der Waals surface area contributed by atoms with Crippen LogP contribution in [0.15, 0.2) is 66.3 Å². The molecule has 0 saturated carbocycles. The summed E-state index contributed by atoms with van der Waals surface area (Å²) in [4.78, 5) is 13.0. The van der Waals surface area contributed by atoms with Gasteiger partial charge in [0, 0.05) is 17.8 Å². The van der Waals surface area contributed by atoms with Gasteiger partial charge in [0.2, 0.25) is 0 Å². The summed E-state index contributed by atoms with van der Waals surface area (Å²) in [5.74, 6) is -1.74. The standard InChI is InChI=1S/C23H19F2N3O2S/c1-15-4-2-3-5-17(15)11-28-12-19(10-26-28)27-23(29)22-8-16(14-31-22)13-30-21-7-6-18(24)9-20(21)25/h2-10,12,14H,11,13H2,1H3,(H,27,29). The molecule has 0 radical (unpaired) electrons. The van der Waals surface area contributed by atoms with E-state index in [1.807, 2.05) is 31.2 Å². The molecule has 4 aromatic rings. The van der Waals surface area contributed by atoms with E-state index in [0.29, 0.717) is 22.7 Å². The van der Waals surface area contributed by atoms with Crippen molar-refractivity contribution in [1.29, 1.82) is 0 Å². The Hall–Kier alpha value is -3.52. The summed E-state index contributed by atoms with van der Waals surface area (Å²) in [5.41, 5.74) is 3.65. The summed E-state index contributed by atoms with van der Waals surface area (Å²) in [6.07, 6.45) is 3.38. The predicted molar refractivity (Wildman–Crippen MR) is 115 cm³/mol. The molecule has 0 spiro atoms. The molecule has 0 aliphatic rings. The zero-order valence-electron chi connectivity index (χ0n) is 16.6. The van der Waals surface area contributed by atoms with Crippen molar-refractivity contribution in [2.45, 2.75) is 20.1 Å². The number of nitrogens with one attached hydrogen (secondary N) is 1. The molecule has 0 unspecified atom stereocenters. The van der Waals surface area contributed by atoms with Crippen molar-refractivity contribution in [3.8, 4) is 5.75 Å². The van der Waals surface area contributed by atoms with Crippen molar-refractivity contribution in [3.05, 3.63) is 99.5 Å². The molecule has 5 nitrogen and oxygen atoms in total. The van der Waals surface area contributed by atoms with E-state index in [2.05, 4.69) is 10.4 Å². The number of aryl methyl sites for hydroxylation is 1. The highest BCUT2D eigenvalue weighted by Gasteiger charge is 2.12. The minimum atomic E-state index is -0.768. The van der Waals surface area contributed by atoms with Gasteiger partial charge in [-0.1, -0.05) is 24.3 Å². The Labute approximate surface area is 181 Å². The number of anilines is 1. The van der Waals surface area contributed by atoms with Gasteiger partial charge in [0.15, 0.2) is 11.6 Å². The van der Waals surface area contributed by atoms with Crippen molar-refractivity contribution < 1.29 is 18.3 Å². The highest BCUT2D eigenvalue weighted by atomic mass is 32.1. The number of nitrogens with zero attached hydrogens (tertiary/aromatic N) is 2. The van der Waals surface area contributed by atoms with Gasteiger partial charge in [-0.25, -0.2) is 8.78 Å². The summed E-state index contributed by atoms with van der Waals surface area (Å²) in [6, 6.07) is 12.9. The van der Waals surface area contributed by atoms with Gasteiger partial charge in [0.1, 0.15) is 12.4 Å². The molecule has 2 aromatic carbocycles. The zero-order chi connectivity index (χ0) is 21.8. The normalized spacial score (nSPS) is 10.8. The molecule has 2 heterocycles. The molecule has 158 valence electrons. The van der Waals surface area contributed by atoms with Crippen LogP contribution in [0.1, 0.15) is 26.4 Å². The number of amides is 1. The van der Waals surface area contributed by atoms with Gasteiger partial charge < -0.3 is 10.1 Å². The Morgan fingerprint density at radius 2 is 2.03 bits per heavy atom. The molecule has 0 bridgehead atoms. The van der Waals surface area contributed by atoms with Gasteiger partial charge in [-0.05, 0) is 41.6 Å². The Morgan fingerprint density at radius 3 is 2.84 bits per heavy atom. The molecule has 4 rings (SSSR count). The van der Waals surface area contributed by atoms with Crippen LogP contribution in [-0.2, 0) is 13.2 Å². The molecule has 1 amide bonds. The van der Waals surface area contributed by atoms with E-state index in [1.54, 1.807) is 28.5 Å². The van der Waals surface area contributed by atoms with Crippen molar-refractivity contribution in [2.75, 3.05) is 5.32 Å². The summed E-state index contributed by atoms with van der Waals surface area (Å²) in [7, 11) is 0. The lowest BCUT2D eigenvalue weighted by molar-refractivity contribution is 0.103. The van der Waals surface area contributed by atoms with Gasteiger partial charge in [-0.3, -0.25) is 9.48 Å². The van der Waals surface area contributed by atoms with Gasteiger partial charge in [-0.2, -0.15) is 5.10 Å². The van der Waals surface area contributed by atoms with Crippen LogP contribution in [0, 0.1) is 18.6 Å². The van der Waals surface area contributed by atoms with E-state index >= 15 is 0 Å². The van der Waals surface area contributed by atoms with E-state index < -0.39 is 11.6 Å². The minimum Gasteiger partial charge on any atom is -0.486 e. The fourth-order valence-corrected chi connectivity index (χ4v) is 3.78. The quantitative estimate of drug-likeness (QED) is 0.419. The van der Waals surface area contributed by atoms with Crippen LogP contribution in [-0.4, -0.2) is 15.7 Å². The van der Waals surface area contributed by atoms with Gasteiger partial charge in [-0.15, -0.1) is 11.3 Å². The number of carbonyl (C=O) groups is 1. The van der Waals surface area contributed by atoms with Crippen LogP contribution >= 0.6 is 11.3 Å². The van der Waals surface area contributed by atoms with Crippen LogP contribution in [0.4, 0.5) is 14.5 Å². The molecule has 1 N–H and O–H groups in total. The molecule has 0 fully saturated rings. The first kappa shape index (κ1) is 20.7. The van der Waals surface area contributed by atoms with Gasteiger partial charge in [0.25, 0.3) is 5.91 Å². The number of ether oxygens (including phenoxy) is 1. The molecule has 0 aliphatic heterocycles. The first-order valence-corrected chi connectivity index (χ1v) is 10.4. The molecular weight excluding hydrogens is 420 g/mol. The maximum Gasteiger partial charge on any atom is 0.265 e. The Kier molecular flexibility index (Phi) is 6.08. The summed E-state index contributed by atoms with van der Waals surface area (Å²) < 4.78 is 33.8.